The van der Waals surface area contributed by atoms with Gasteiger partial charge in [-0.15, -0.1) is 0 Å². The van der Waals surface area contributed by atoms with Gasteiger partial charge in [0.05, 0.1) is 19.8 Å². The van der Waals surface area contributed by atoms with Crippen molar-refractivity contribution in [2.75, 3.05) is 24.9 Å². The van der Waals surface area contributed by atoms with E-state index in [2.05, 4.69) is 15.6 Å². The van der Waals surface area contributed by atoms with Crippen LogP contribution >= 0.6 is 0 Å². The quantitative estimate of drug-likeness (QED) is 0.544. The largest absolute Gasteiger partial charge is 0.497 e. The van der Waals surface area contributed by atoms with Crippen molar-refractivity contribution in [3.8, 4) is 11.5 Å². The molecule has 1 heterocycles. The van der Waals surface area contributed by atoms with Gasteiger partial charge < -0.3 is 31.6 Å². The highest BCUT2D eigenvalue weighted by Crippen LogP contribution is 2.30. The van der Waals surface area contributed by atoms with Crippen molar-refractivity contribution in [2.24, 2.45) is 11.5 Å². The number of benzene rings is 1. The maximum absolute atomic E-state index is 14.2. The van der Waals surface area contributed by atoms with Gasteiger partial charge >= 0.3 is 0 Å². The Morgan fingerprint density at radius 1 is 1.07 bits per heavy atom. The molecular formula is C17H20FN5O4. The van der Waals surface area contributed by atoms with Gasteiger partial charge in [0.1, 0.15) is 23.4 Å². The number of aromatic nitrogens is 1. The van der Waals surface area contributed by atoms with Crippen LogP contribution in [0.1, 0.15) is 17.3 Å². The third kappa shape index (κ3) is 4.75. The van der Waals surface area contributed by atoms with Crippen LogP contribution in [0.4, 0.5) is 21.7 Å². The van der Waals surface area contributed by atoms with Crippen LogP contribution in [0.2, 0.25) is 0 Å². The number of hydrogen-bond donors (Lipinski definition) is 4. The Hall–Kier alpha value is -3.56. The molecule has 2 aromatic rings. The van der Waals surface area contributed by atoms with Crippen LogP contribution in [0.5, 0.6) is 11.5 Å². The maximum atomic E-state index is 14.2. The molecule has 2 rings (SSSR count). The summed E-state index contributed by atoms with van der Waals surface area (Å²) in [6, 6.07) is 4.94. The Labute approximate surface area is 154 Å². The highest BCUT2D eigenvalue weighted by Gasteiger charge is 2.19. The van der Waals surface area contributed by atoms with Gasteiger partial charge in [0, 0.05) is 23.9 Å². The van der Waals surface area contributed by atoms with Gasteiger partial charge in [-0.25, -0.2) is 9.37 Å². The number of carbonyl (C=O) groups is 2. The molecular weight excluding hydrogens is 357 g/mol. The molecule has 1 atom stereocenters. The third-order valence-corrected chi connectivity index (χ3v) is 3.64. The van der Waals surface area contributed by atoms with E-state index in [1.807, 2.05) is 0 Å². The van der Waals surface area contributed by atoms with Crippen LogP contribution in [-0.2, 0) is 4.79 Å². The van der Waals surface area contributed by atoms with Crippen molar-refractivity contribution >= 4 is 29.1 Å². The summed E-state index contributed by atoms with van der Waals surface area (Å²) < 4.78 is 24.6. The van der Waals surface area contributed by atoms with E-state index < -0.39 is 23.7 Å². The van der Waals surface area contributed by atoms with Crippen LogP contribution < -0.4 is 31.6 Å². The molecule has 0 fully saturated rings. The van der Waals surface area contributed by atoms with Crippen molar-refractivity contribution in [3.05, 3.63) is 35.6 Å². The van der Waals surface area contributed by atoms with E-state index in [1.165, 1.54) is 21.1 Å². The number of methoxy groups -OCH3 is 2. The molecule has 27 heavy (non-hydrogen) atoms. The second-order valence-corrected chi connectivity index (χ2v) is 5.57. The molecule has 0 aliphatic rings. The minimum atomic E-state index is -0.881. The lowest BCUT2D eigenvalue weighted by atomic mass is 10.2. The van der Waals surface area contributed by atoms with Gasteiger partial charge in [0.15, 0.2) is 11.6 Å². The lowest BCUT2D eigenvalue weighted by Gasteiger charge is -2.16. The maximum Gasteiger partial charge on any atom is 0.252 e. The van der Waals surface area contributed by atoms with Crippen LogP contribution in [0.25, 0.3) is 0 Å². The van der Waals surface area contributed by atoms with E-state index >= 15 is 0 Å². The fourth-order valence-electron chi connectivity index (χ4n) is 2.17. The number of rotatable bonds is 8. The SMILES string of the molecule is COc1cc(Nc2nc(NC(C)C(N)=O)c(F)cc2C(N)=O)cc(OC)c1. The zero-order valence-electron chi connectivity index (χ0n) is 15.0. The number of carbonyl (C=O) groups excluding carboxylic acids is 2. The highest BCUT2D eigenvalue weighted by molar-refractivity contribution is 5.98. The number of hydrogen-bond acceptors (Lipinski definition) is 7. The molecule has 0 saturated heterocycles. The monoisotopic (exact) mass is 377 g/mol. The molecule has 0 spiro atoms. The summed E-state index contributed by atoms with van der Waals surface area (Å²) in [4.78, 5) is 26.9. The molecule has 0 radical (unpaired) electrons. The molecule has 1 unspecified atom stereocenters. The summed E-state index contributed by atoms with van der Waals surface area (Å²) in [5, 5.41) is 5.42. The van der Waals surface area contributed by atoms with Gasteiger partial charge in [-0.05, 0) is 13.0 Å². The Morgan fingerprint density at radius 3 is 2.15 bits per heavy atom. The predicted molar refractivity (Wildman–Crippen MR) is 97.8 cm³/mol. The first-order valence-electron chi connectivity index (χ1n) is 7.81. The second-order valence-electron chi connectivity index (χ2n) is 5.57. The summed E-state index contributed by atoms with van der Waals surface area (Å²) in [7, 11) is 2.97. The fraction of sp³-hybridized carbons (Fsp3) is 0.235. The standard InChI is InChI=1S/C17H20FN5O4/c1-8(14(19)24)21-17-13(18)7-12(15(20)25)16(23-17)22-9-4-10(26-2)6-11(5-9)27-3/h4-8H,1-3H3,(H2,19,24)(H2,20,25)(H2,21,22,23). The Kier molecular flexibility index (Phi) is 6.01. The lowest BCUT2D eigenvalue weighted by molar-refractivity contribution is -0.118. The first-order valence-corrected chi connectivity index (χ1v) is 7.81. The summed E-state index contributed by atoms with van der Waals surface area (Å²) in [5.41, 5.74) is 10.8. The molecule has 0 bridgehead atoms. The minimum Gasteiger partial charge on any atom is -0.497 e. The van der Waals surface area contributed by atoms with Crippen LogP contribution in [0, 0.1) is 5.82 Å². The number of ether oxygens (including phenoxy) is 2. The Bertz CT molecular complexity index is 852. The number of primary amides is 2. The zero-order valence-corrected chi connectivity index (χ0v) is 15.0. The number of amides is 2. The van der Waals surface area contributed by atoms with E-state index in [9.17, 15) is 14.0 Å². The van der Waals surface area contributed by atoms with Crippen molar-refractivity contribution in [1.29, 1.82) is 0 Å². The van der Waals surface area contributed by atoms with Crippen LogP contribution in [-0.4, -0.2) is 37.1 Å². The number of pyridine rings is 1. The van der Waals surface area contributed by atoms with Gasteiger partial charge in [-0.2, -0.15) is 0 Å². The average Bonchev–Trinajstić information content (AvgIpc) is 2.63. The van der Waals surface area contributed by atoms with E-state index in [0.717, 1.165) is 6.07 Å². The Morgan fingerprint density at radius 2 is 1.67 bits per heavy atom. The van der Waals surface area contributed by atoms with Gasteiger partial charge in [0.2, 0.25) is 5.91 Å². The van der Waals surface area contributed by atoms with Crippen LogP contribution in [0.15, 0.2) is 24.3 Å². The molecule has 9 nitrogen and oxygen atoms in total. The molecule has 0 aliphatic heterocycles. The first kappa shape index (κ1) is 19.8. The molecule has 0 saturated carbocycles. The Balaban J connectivity index is 2.47. The van der Waals surface area contributed by atoms with Gasteiger partial charge in [0.25, 0.3) is 5.91 Å². The van der Waals surface area contributed by atoms with E-state index in [0.29, 0.717) is 17.2 Å². The minimum absolute atomic E-state index is 0.0154. The first-order chi connectivity index (χ1) is 12.7. The summed E-state index contributed by atoms with van der Waals surface area (Å²) in [5.74, 6) is -1.73. The molecule has 6 N–H and O–H groups in total. The molecule has 144 valence electrons. The third-order valence-electron chi connectivity index (χ3n) is 3.64. The predicted octanol–water partition coefficient (Wildman–Crippen LogP) is 1.37. The molecule has 0 aliphatic carbocycles. The molecule has 2 amide bonds. The lowest BCUT2D eigenvalue weighted by Crippen LogP contribution is -2.33. The summed E-state index contributed by atoms with van der Waals surface area (Å²) >= 11 is 0. The number of nitrogens with one attached hydrogen (secondary N) is 2. The fourth-order valence-corrected chi connectivity index (χ4v) is 2.17. The van der Waals surface area contributed by atoms with E-state index in [1.54, 1.807) is 18.2 Å². The summed E-state index contributed by atoms with van der Waals surface area (Å²) in [6.07, 6.45) is 0. The zero-order chi connectivity index (χ0) is 20.1. The topological polar surface area (TPSA) is 142 Å². The number of nitrogens with zero attached hydrogens (tertiary/aromatic N) is 1. The van der Waals surface area contributed by atoms with Crippen molar-refractivity contribution in [2.45, 2.75) is 13.0 Å². The number of anilines is 3. The summed E-state index contributed by atoms with van der Waals surface area (Å²) in [6.45, 7) is 1.45. The number of halogens is 1. The smallest absolute Gasteiger partial charge is 0.252 e. The van der Waals surface area contributed by atoms with Gasteiger partial charge in [-0.1, -0.05) is 0 Å². The normalized spacial score (nSPS) is 11.4. The molecule has 1 aromatic heterocycles. The van der Waals surface area contributed by atoms with Crippen molar-refractivity contribution in [1.82, 2.24) is 4.98 Å². The molecule has 10 heteroatoms. The highest BCUT2D eigenvalue weighted by atomic mass is 19.1. The van der Waals surface area contributed by atoms with E-state index in [-0.39, 0.29) is 17.2 Å². The van der Waals surface area contributed by atoms with Gasteiger partial charge in [-0.3, -0.25) is 9.59 Å². The van der Waals surface area contributed by atoms with E-state index in [4.69, 9.17) is 20.9 Å². The second kappa shape index (κ2) is 8.21. The molecule has 1 aromatic carbocycles. The number of nitrogens with two attached hydrogens (primary N) is 2. The van der Waals surface area contributed by atoms with Crippen LogP contribution in [0.3, 0.4) is 0 Å². The van der Waals surface area contributed by atoms with Crippen molar-refractivity contribution in [3.63, 3.8) is 0 Å². The average molecular weight is 377 g/mol. The van der Waals surface area contributed by atoms with Crippen molar-refractivity contribution < 1.29 is 23.5 Å².